The molecule has 3 N–H and O–H groups in total. The van der Waals surface area contributed by atoms with Crippen LogP contribution in [-0.2, 0) is 9.59 Å². The van der Waals surface area contributed by atoms with Crippen LogP contribution in [0.4, 0.5) is 0 Å². The van der Waals surface area contributed by atoms with Gasteiger partial charge in [-0.1, -0.05) is 46.5 Å². The maximum absolute atomic E-state index is 13.5. The third-order valence-electron chi connectivity index (χ3n) is 7.53. The molecule has 0 aromatic heterocycles. The van der Waals surface area contributed by atoms with Crippen LogP contribution in [-0.4, -0.2) is 78.3 Å². The molecule has 0 saturated heterocycles. The molecule has 0 saturated carbocycles. The van der Waals surface area contributed by atoms with Crippen LogP contribution < -0.4 is 14.8 Å². The monoisotopic (exact) mass is 544 g/mol. The van der Waals surface area contributed by atoms with Crippen LogP contribution in [0.25, 0.3) is 0 Å². The van der Waals surface area contributed by atoms with Crippen LogP contribution in [0.2, 0.25) is 0 Å². The summed E-state index contributed by atoms with van der Waals surface area (Å²) in [5.41, 5.74) is 1.26. The zero-order valence-corrected chi connectivity index (χ0v) is 23.7. The summed E-state index contributed by atoms with van der Waals surface area (Å²) in [6.07, 6.45) is 6.59. The van der Waals surface area contributed by atoms with Gasteiger partial charge in [-0.25, -0.2) is 0 Å². The summed E-state index contributed by atoms with van der Waals surface area (Å²) in [5.74, 6) is -0.101. The number of rotatable bonds is 15. The van der Waals surface area contributed by atoms with E-state index in [1.807, 2.05) is 0 Å². The molecule has 1 aromatic rings. The Kier molecular flexibility index (Phi) is 11.4. The van der Waals surface area contributed by atoms with Gasteiger partial charge < -0.3 is 29.9 Å². The zero-order valence-electron chi connectivity index (χ0n) is 23.7. The minimum atomic E-state index is -1.11. The highest BCUT2D eigenvalue weighted by molar-refractivity contribution is 5.96. The second-order valence-corrected chi connectivity index (χ2v) is 10.8. The normalized spacial score (nSPS) is 21.5. The van der Waals surface area contributed by atoms with Crippen molar-refractivity contribution in [3.8, 4) is 11.5 Å². The van der Waals surface area contributed by atoms with Crippen molar-refractivity contribution >= 4 is 18.1 Å². The van der Waals surface area contributed by atoms with Crippen LogP contribution in [0.1, 0.15) is 87.6 Å². The number of benzene rings is 1. The van der Waals surface area contributed by atoms with Gasteiger partial charge in [-0.05, 0) is 37.0 Å². The van der Waals surface area contributed by atoms with Gasteiger partial charge in [0.05, 0.1) is 25.7 Å². The average Bonchev–Trinajstić information content (AvgIpc) is 3.32. The SMILES string of the molecule is CCCCCCCC(=O)N(CCC(C)C)[C@@H]1C=C(C(=O)NCCO)[C@@H]2c3cc(C=O)cc(OC)c3O[C@@H]2[C@H]1O. The first-order valence-electron chi connectivity index (χ1n) is 14.2. The lowest BCUT2D eigenvalue weighted by Crippen LogP contribution is -2.56. The highest BCUT2D eigenvalue weighted by Gasteiger charge is 2.51. The molecule has 1 heterocycles. The van der Waals surface area contributed by atoms with E-state index >= 15 is 0 Å². The van der Waals surface area contributed by atoms with Gasteiger partial charge in [-0.2, -0.15) is 0 Å². The molecule has 2 amide bonds. The van der Waals surface area contributed by atoms with Crippen molar-refractivity contribution in [2.45, 2.75) is 89.9 Å². The molecule has 0 bridgehead atoms. The number of aliphatic hydroxyl groups excluding tert-OH is 2. The fourth-order valence-electron chi connectivity index (χ4n) is 5.42. The first kappa shape index (κ1) is 30.6. The molecule has 0 fully saturated rings. The number of aldehydes is 1. The molecule has 0 spiro atoms. The zero-order chi connectivity index (χ0) is 28.5. The van der Waals surface area contributed by atoms with Gasteiger partial charge in [0.15, 0.2) is 11.5 Å². The number of carbonyl (C=O) groups is 3. The van der Waals surface area contributed by atoms with E-state index in [-0.39, 0.29) is 19.1 Å². The Bertz CT molecular complexity index is 1040. The van der Waals surface area contributed by atoms with Gasteiger partial charge in [0.1, 0.15) is 18.5 Å². The smallest absolute Gasteiger partial charge is 0.247 e. The molecule has 1 aliphatic carbocycles. The summed E-state index contributed by atoms with van der Waals surface area (Å²) < 4.78 is 11.7. The van der Waals surface area contributed by atoms with Crippen LogP contribution in [0.3, 0.4) is 0 Å². The number of hydrogen-bond acceptors (Lipinski definition) is 7. The van der Waals surface area contributed by atoms with Gasteiger partial charge in [-0.3, -0.25) is 14.4 Å². The molecule has 39 heavy (non-hydrogen) atoms. The predicted molar refractivity (Wildman–Crippen MR) is 148 cm³/mol. The van der Waals surface area contributed by atoms with Gasteiger partial charge in [0, 0.05) is 36.2 Å². The second-order valence-electron chi connectivity index (χ2n) is 10.8. The molecule has 2 aliphatic rings. The lowest BCUT2D eigenvalue weighted by Gasteiger charge is -2.41. The van der Waals surface area contributed by atoms with Crippen molar-refractivity contribution in [3.63, 3.8) is 0 Å². The molecule has 216 valence electrons. The number of aliphatic hydroxyl groups is 2. The van der Waals surface area contributed by atoms with Crippen molar-refractivity contribution in [2.24, 2.45) is 5.92 Å². The standard InChI is InChI=1S/C30H44N2O7/c1-5-6-7-8-9-10-25(35)32(13-11-19(2)3)23-17-22(30(37)31-12-14-33)26-21-15-20(18-34)16-24(38-4)28(21)39-29(26)27(23)36/h15-19,23,26-27,29,33,36H,5-14H2,1-4H3,(H,31,37)/t23-,26+,27+,29+/m1/s1. The molecule has 3 rings (SSSR count). The number of carbonyl (C=O) groups excluding carboxylic acids is 3. The largest absolute Gasteiger partial charge is 0.493 e. The number of amides is 2. The molecule has 1 aliphatic heterocycles. The van der Waals surface area contributed by atoms with Gasteiger partial charge >= 0.3 is 0 Å². The highest BCUT2D eigenvalue weighted by atomic mass is 16.5. The van der Waals surface area contributed by atoms with Crippen molar-refractivity contribution in [3.05, 3.63) is 34.9 Å². The number of unbranched alkanes of at least 4 members (excludes halogenated alkanes) is 4. The van der Waals surface area contributed by atoms with E-state index < -0.39 is 30.1 Å². The van der Waals surface area contributed by atoms with E-state index in [0.29, 0.717) is 53.4 Å². The van der Waals surface area contributed by atoms with Crippen molar-refractivity contribution in [1.82, 2.24) is 10.2 Å². The maximum atomic E-state index is 13.5. The third kappa shape index (κ3) is 7.19. The second kappa shape index (κ2) is 14.5. The number of nitrogens with zero attached hydrogens (tertiary/aromatic N) is 1. The minimum Gasteiger partial charge on any atom is -0.493 e. The molecule has 9 nitrogen and oxygen atoms in total. The number of methoxy groups -OCH3 is 1. The van der Waals surface area contributed by atoms with Gasteiger partial charge in [-0.15, -0.1) is 0 Å². The highest BCUT2D eigenvalue weighted by Crippen LogP contribution is 2.51. The summed E-state index contributed by atoms with van der Waals surface area (Å²) in [4.78, 5) is 40.2. The molecular weight excluding hydrogens is 500 g/mol. The lowest BCUT2D eigenvalue weighted by atomic mass is 9.77. The van der Waals surface area contributed by atoms with Crippen LogP contribution >= 0.6 is 0 Å². The minimum absolute atomic E-state index is 0.0555. The first-order chi connectivity index (χ1) is 18.8. The van der Waals surface area contributed by atoms with E-state index in [9.17, 15) is 24.6 Å². The van der Waals surface area contributed by atoms with E-state index in [1.165, 1.54) is 7.11 Å². The Balaban J connectivity index is 2.01. The van der Waals surface area contributed by atoms with E-state index in [1.54, 1.807) is 23.1 Å². The fourth-order valence-corrected chi connectivity index (χ4v) is 5.42. The number of nitrogens with one attached hydrogen (secondary N) is 1. The Morgan fingerprint density at radius 3 is 2.59 bits per heavy atom. The summed E-state index contributed by atoms with van der Waals surface area (Å²) in [6.45, 7) is 6.58. The summed E-state index contributed by atoms with van der Waals surface area (Å²) in [7, 11) is 1.46. The molecule has 4 atom stereocenters. The number of hydrogen-bond donors (Lipinski definition) is 3. The topological polar surface area (TPSA) is 125 Å². The quantitative estimate of drug-likeness (QED) is 0.228. The molecule has 0 unspecified atom stereocenters. The Morgan fingerprint density at radius 2 is 1.95 bits per heavy atom. The van der Waals surface area contributed by atoms with Gasteiger partial charge in [0.25, 0.3) is 0 Å². The van der Waals surface area contributed by atoms with Gasteiger partial charge in [0.2, 0.25) is 11.8 Å². The Labute approximate surface area is 231 Å². The fraction of sp³-hybridized carbons (Fsp3) is 0.633. The van der Waals surface area contributed by atoms with Crippen molar-refractivity contribution in [2.75, 3.05) is 26.8 Å². The lowest BCUT2D eigenvalue weighted by molar-refractivity contribution is -0.137. The first-order valence-corrected chi connectivity index (χ1v) is 14.2. The molecule has 0 radical (unpaired) electrons. The van der Waals surface area contributed by atoms with Crippen LogP contribution in [0.5, 0.6) is 11.5 Å². The van der Waals surface area contributed by atoms with E-state index in [2.05, 4.69) is 26.1 Å². The Morgan fingerprint density at radius 1 is 1.21 bits per heavy atom. The maximum Gasteiger partial charge on any atom is 0.247 e. The van der Waals surface area contributed by atoms with E-state index in [4.69, 9.17) is 9.47 Å². The number of ether oxygens (including phenoxy) is 2. The molecule has 9 heteroatoms. The third-order valence-corrected chi connectivity index (χ3v) is 7.53. The van der Waals surface area contributed by atoms with E-state index in [0.717, 1.165) is 38.5 Å². The van der Waals surface area contributed by atoms with Crippen LogP contribution in [0.15, 0.2) is 23.8 Å². The van der Waals surface area contributed by atoms with Crippen molar-refractivity contribution < 1.29 is 34.1 Å². The molecular formula is C30H44N2O7. The molecule has 1 aromatic carbocycles. The van der Waals surface area contributed by atoms with Crippen molar-refractivity contribution in [1.29, 1.82) is 0 Å². The number of fused-ring (bicyclic) bond motifs is 3. The predicted octanol–water partition coefficient (Wildman–Crippen LogP) is 3.37. The van der Waals surface area contributed by atoms with Crippen LogP contribution in [0, 0.1) is 5.92 Å². The Hall–Kier alpha value is -2.91. The summed E-state index contributed by atoms with van der Waals surface area (Å²) in [5, 5.41) is 23.7. The average molecular weight is 545 g/mol. The summed E-state index contributed by atoms with van der Waals surface area (Å²) in [6, 6.07) is 2.43. The summed E-state index contributed by atoms with van der Waals surface area (Å²) >= 11 is 0.